The monoisotopic (exact) mass is 283 g/mol. The number of hydrogen-bond acceptors (Lipinski definition) is 2. The summed E-state index contributed by atoms with van der Waals surface area (Å²) in [4.78, 5) is 0. The van der Waals surface area contributed by atoms with Crippen molar-refractivity contribution in [2.24, 2.45) is 5.73 Å². The van der Waals surface area contributed by atoms with Gasteiger partial charge in [-0.2, -0.15) is 0 Å². The van der Waals surface area contributed by atoms with Crippen molar-refractivity contribution < 1.29 is 4.42 Å². The van der Waals surface area contributed by atoms with Crippen LogP contribution in [-0.2, 0) is 0 Å². The fourth-order valence-corrected chi connectivity index (χ4v) is 2.45. The molecule has 0 spiro atoms. The van der Waals surface area contributed by atoms with Gasteiger partial charge >= 0.3 is 0 Å². The minimum Gasteiger partial charge on any atom is -0.453 e. The molecule has 3 rings (SSSR count). The van der Waals surface area contributed by atoms with Gasteiger partial charge in [0.25, 0.3) is 0 Å². The Bertz CT molecular complexity index is 689. The molecule has 0 aliphatic heterocycles. The first-order valence-corrected chi connectivity index (χ1v) is 6.77. The Hall–Kier alpha value is -2.03. The third kappa shape index (κ3) is 2.48. The Kier molecular flexibility index (Phi) is 3.59. The van der Waals surface area contributed by atoms with E-state index in [4.69, 9.17) is 21.8 Å². The van der Waals surface area contributed by atoms with Gasteiger partial charge in [0.1, 0.15) is 0 Å². The van der Waals surface area contributed by atoms with E-state index in [0.29, 0.717) is 5.22 Å². The van der Waals surface area contributed by atoms with Gasteiger partial charge in [-0.1, -0.05) is 54.6 Å². The molecule has 0 saturated carbocycles. The summed E-state index contributed by atoms with van der Waals surface area (Å²) in [5.74, 6) is 0. The number of benzene rings is 2. The fourth-order valence-electron chi connectivity index (χ4n) is 2.22. The van der Waals surface area contributed by atoms with Crippen molar-refractivity contribution in [3.8, 4) is 11.1 Å². The van der Waals surface area contributed by atoms with Gasteiger partial charge in [-0.25, -0.2) is 0 Å². The molecule has 0 radical (unpaired) electrons. The van der Waals surface area contributed by atoms with Crippen LogP contribution < -0.4 is 5.73 Å². The topological polar surface area (TPSA) is 39.2 Å². The Labute approximate surface area is 122 Å². The van der Waals surface area contributed by atoms with Gasteiger partial charge in [0, 0.05) is 5.56 Å². The molecule has 0 aliphatic rings. The van der Waals surface area contributed by atoms with Crippen LogP contribution in [-0.4, -0.2) is 0 Å². The van der Waals surface area contributed by atoms with Crippen LogP contribution in [0.4, 0.5) is 0 Å². The molecule has 3 heteroatoms. The summed E-state index contributed by atoms with van der Waals surface area (Å²) in [7, 11) is 0. The normalized spacial score (nSPS) is 12.3. The van der Waals surface area contributed by atoms with Crippen molar-refractivity contribution >= 4 is 11.6 Å². The average Bonchev–Trinajstić information content (AvgIpc) is 2.94. The zero-order valence-corrected chi connectivity index (χ0v) is 11.5. The van der Waals surface area contributed by atoms with Crippen LogP contribution in [0.15, 0.2) is 71.3 Å². The zero-order valence-electron chi connectivity index (χ0n) is 10.8. The van der Waals surface area contributed by atoms with Gasteiger partial charge < -0.3 is 10.2 Å². The van der Waals surface area contributed by atoms with Crippen LogP contribution in [0.25, 0.3) is 11.1 Å². The first-order chi connectivity index (χ1) is 9.75. The second-order valence-electron chi connectivity index (χ2n) is 4.62. The standard InChI is InChI=1S/C17H14ClNO/c18-17-15(10-11-20-17)16(19)14-8-6-13(7-9-14)12-4-2-1-3-5-12/h1-11,16H,19H2. The van der Waals surface area contributed by atoms with Crippen molar-refractivity contribution in [1.82, 2.24) is 0 Å². The smallest absolute Gasteiger partial charge is 0.198 e. The highest BCUT2D eigenvalue weighted by Gasteiger charge is 2.14. The lowest BCUT2D eigenvalue weighted by atomic mass is 9.98. The number of furan rings is 1. The van der Waals surface area contributed by atoms with E-state index in [1.54, 1.807) is 12.3 Å². The lowest BCUT2D eigenvalue weighted by Crippen LogP contribution is -2.11. The number of hydrogen-bond donors (Lipinski definition) is 1. The summed E-state index contributed by atoms with van der Waals surface area (Å²) in [5.41, 5.74) is 10.4. The highest BCUT2D eigenvalue weighted by atomic mass is 35.5. The Morgan fingerprint density at radius 3 is 2.10 bits per heavy atom. The molecule has 0 bridgehead atoms. The number of nitrogens with two attached hydrogens (primary N) is 1. The highest BCUT2D eigenvalue weighted by Crippen LogP contribution is 2.28. The van der Waals surface area contributed by atoms with Crippen molar-refractivity contribution in [3.05, 3.63) is 83.3 Å². The van der Waals surface area contributed by atoms with E-state index >= 15 is 0 Å². The molecule has 1 heterocycles. The number of halogens is 1. The highest BCUT2D eigenvalue weighted by molar-refractivity contribution is 6.29. The van der Waals surface area contributed by atoms with Gasteiger partial charge in [0.05, 0.1) is 12.3 Å². The molecule has 1 aromatic heterocycles. The van der Waals surface area contributed by atoms with Crippen LogP contribution in [0, 0.1) is 0 Å². The Morgan fingerprint density at radius 1 is 0.850 bits per heavy atom. The van der Waals surface area contributed by atoms with Gasteiger partial charge in [0.15, 0.2) is 5.22 Å². The molecule has 1 unspecified atom stereocenters. The summed E-state index contributed by atoms with van der Waals surface area (Å²) in [6, 6.07) is 20.0. The van der Waals surface area contributed by atoms with Crippen LogP contribution in [0.1, 0.15) is 17.2 Å². The van der Waals surface area contributed by atoms with Crippen molar-refractivity contribution in [2.75, 3.05) is 0 Å². The second kappa shape index (κ2) is 5.53. The van der Waals surface area contributed by atoms with Gasteiger partial charge in [-0.05, 0) is 34.4 Å². The molecular formula is C17H14ClNO. The molecule has 20 heavy (non-hydrogen) atoms. The molecule has 0 saturated heterocycles. The zero-order chi connectivity index (χ0) is 13.9. The first kappa shape index (κ1) is 13.0. The van der Waals surface area contributed by atoms with E-state index in [-0.39, 0.29) is 6.04 Å². The SMILES string of the molecule is NC(c1ccc(-c2ccccc2)cc1)c1ccoc1Cl. The van der Waals surface area contributed by atoms with E-state index in [9.17, 15) is 0 Å². The van der Waals surface area contributed by atoms with Gasteiger partial charge in [-0.3, -0.25) is 0 Å². The Morgan fingerprint density at radius 2 is 1.50 bits per heavy atom. The number of rotatable bonds is 3. The molecule has 1 atom stereocenters. The molecule has 100 valence electrons. The van der Waals surface area contributed by atoms with E-state index in [0.717, 1.165) is 11.1 Å². The van der Waals surface area contributed by atoms with Gasteiger partial charge in [0.2, 0.25) is 0 Å². The molecule has 2 nitrogen and oxygen atoms in total. The van der Waals surface area contributed by atoms with Crippen LogP contribution in [0.5, 0.6) is 0 Å². The van der Waals surface area contributed by atoms with Crippen LogP contribution in [0.2, 0.25) is 5.22 Å². The van der Waals surface area contributed by atoms with E-state index < -0.39 is 0 Å². The predicted molar refractivity (Wildman–Crippen MR) is 81.6 cm³/mol. The predicted octanol–water partition coefficient (Wildman–Crippen LogP) is 4.65. The lowest BCUT2D eigenvalue weighted by Gasteiger charge is -2.11. The van der Waals surface area contributed by atoms with E-state index in [1.807, 2.05) is 30.3 Å². The molecular weight excluding hydrogens is 270 g/mol. The fraction of sp³-hybridized carbons (Fsp3) is 0.0588. The quantitative estimate of drug-likeness (QED) is 0.760. The summed E-state index contributed by atoms with van der Waals surface area (Å²) in [5, 5.41) is 0.352. The summed E-state index contributed by atoms with van der Waals surface area (Å²) >= 11 is 5.97. The molecule has 0 aliphatic carbocycles. The maximum absolute atomic E-state index is 6.21. The van der Waals surface area contributed by atoms with Crippen LogP contribution in [0.3, 0.4) is 0 Å². The maximum Gasteiger partial charge on any atom is 0.198 e. The summed E-state index contributed by atoms with van der Waals surface area (Å²) in [6.07, 6.45) is 1.55. The average molecular weight is 284 g/mol. The molecule has 3 aromatic rings. The van der Waals surface area contributed by atoms with Crippen LogP contribution >= 0.6 is 11.6 Å². The van der Waals surface area contributed by atoms with Gasteiger partial charge in [-0.15, -0.1) is 0 Å². The Balaban J connectivity index is 1.89. The molecule has 0 fully saturated rings. The molecule has 0 amide bonds. The first-order valence-electron chi connectivity index (χ1n) is 6.39. The third-order valence-corrected chi connectivity index (χ3v) is 3.67. The minimum atomic E-state index is -0.272. The largest absolute Gasteiger partial charge is 0.453 e. The van der Waals surface area contributed by atoms with Crippen molar-refractivity contribution in [3.63, 3.8) is 0 Å². The van der Waals surface area contributed by atoms with E-state index in [1.165, 1.54) is 11.1 Å². The molecule has 2 aromatic carbocycles. The van der Waals surface area contributed by atoms with E-state index in [2.05, 4.69) is 24.3 Å². The van der Waals surface area contributed by atoms with Crippen molar-refractivity contribution in [2.45, 2.75) is 6.04 Å². The second-order valence-corrected chi connectivity index (χ2v) is 4.96. The van der Waals surface area contributed by atoms with Crippen molar-refractivity contribution in [1.29, 1.82) is 0 Å². The summed E-state index contributed by atoms with van der Waals surface area (Å²) in [6.45, 7) is 0. The molecule has 2 N–H and O–H groups in total. The third-order valence-electron chi connectivity index (χ3n) is 3.36. The minimum absolute atomic E-state index is 0.272. The summed E-state index contributed by atoms with van der Waals surface area (Å²) < 4.78 is 5.09. The lowest BCUT2D eigenvalue weighted by molar-refractivity contribution is 0.564. The maximum atomic E-state index is 6.21.